The van der Waals surface area contributed by atoms with Gasteiger partial charge in [-0.05, 0) is 90.1 Å². The van der Waals surface area contributed by atoms with Crippen LogP contribution in [0.4, 0.5) is 0 Å². The van der Waals surface area contributed by atoms with Crippen molar-refractivity contribution in [3.8, 4) is 0 Å². The quantitative estimate of drug-likeness (QED) is 0.451. The Morgan fingerprint density at radius 2 is 1.74 bits per heavy atom. The molecule has 4 heterocycles. The van der Waals surface area contributed by atoms with Gasteiger partial charge in [-0.2, -0.15) is 0 Å². The lowest BCUT2D eigenvalue weighted by molar-refractivity contribution is -0.127. The molecule has 3 fully saturated rings. The Balaban J connectivity index is 1.11. The smallest absolute Gasteiger partial charge is 0.261 e. The molecule has 2 amide bonds. The van der Waals surface area contributed by atoms with Crippen LogP contribution >= 0.6 is 11.3 Å². The van der Waals surface area contributed by atoms with E-state index in [-0.39, 0.29) is 11.8 Å². The summed E-state index contributed by atoms with van der Waals surface area (Å²) in [4.78, 5) is 35.9. The number of likely N-dealkylation sites (tertiary alicyclic amines) is 2. The molecule has 3 aliphatic rings. The average molecular weight is 488 g/mol. The van der Waals surface area contributed by atoms with Crippen molar-refractivity contribution < 1.29 is 9.59 Å². The van der Waals surface area contributed by atoms with Crippen LogP contribution in [0, 0.1) is 0 Å². The Kier molecular flexibility index (Phi) is 9.56. The van der Waals surface area contributed by atoms with Crippen molar-refractivity contribution in [2.75, 3.05) is 72.5 Å². The van der Waals surface area contributed by atoms with Crippen molar-refractivity contribution in [2.24, 2.45) is 0 Å². The maximum absolute atomic E-state index is 12.5. The highest BCUT2D eigenvalue weighted by Crippen LogP contribution is 2.21. The van der Waals surface area contributed by atoms with Crippen molar-refractivity contribution in [1.82, 2.24) is 24.9 Å². The van der Waals surface area contributed by atoms with Gasteiger partial charge < -0.3 is 24.9 Å². The standard InChI is InChI=1S/C26H41N5O2S/c1-28-18-20-31(21-19-28)25(32)9-7-23-6-8-24(34-23)26(33)27-12-5-13-29-16-10-22(11-17-29)30-14-3-2-4-15-30/h6-9,22H,2-5,10-21H2,1H3,(H,27,33)/b9-7+. The van der Waals surface area contributed by atoms with E-state index in [0.29, 0.717) is 11.4 Å². The van der Waals surface area contributed by atoms with E-state index in [9.17, 15) is 9.59 Å². The molecule has 3 saturated heterocycles. The van der Waals surface area contributed by atoms with Gasteiger partial charge in [0.2, 0.25) is 5.91 Å². The highest BCUT2D eigenvalue weighted by atomic mass is 32.1. The van der Waals surface area contributed by atoms with Gasteiger partial charge in [0.25, 0.3) is 5.91 Å². The fraction of sp³-hybridized carbons (Fsp3) is 0.692. The van der Waals surface area contributed by atoms with Gasteiger partial charge in [-0.3, -0.25) is 9.59 Å². The average Bonchev–Trinajstić information content (AvgIpc) is 3.36. The number of amides is 2. The van der Waals surface area contributed by atoms with Crippen LogP contribution in [-0.2, 0) is 4.79 Å². The summed E-state index contributed by atoms with van der Waals surface area (Å²) >= 11 is 1.44. The normalized spacial score (nSPS) is 21.9. The van der Waals surface area contributed by atoms with Crippen molar-refractivity contribution in [1.29, 1.82) is 0 Å². The molecule has 1 aromatic rings. The van der Waals surface area contributed by atoms with Gasteiger partial charge in [-0.25, -0.2) is 0 Å². The third kappa shape index (κ3) is 7.38. The molecule has 0 bridgehead atoms. The van der Waals surface area contributed by atoms with Crippen LogP contribution in [0.3, 0.4) is 0 Å². The first kappa shape index (κ1) is 25.4. The summed E-state index contributed by atoms with van der Waals surface area (Å²) in [6.07, 6.45) is 11.2. The molecular weight excluding hydrogens is 446 g/mol. The molecule has 1 aromatic heterocycles. The summed E-state index contributed by atoms with van der Waals surface area (Å²) in [6.45, 7) is 10.1. The maximum atomic E-state index is 12.5. The zero-order chi connectivity index (χ0) is 23.8. The number of rotatable bonds is 8. The van der Waals surface area contributed by atoms with E-state index in [1.54, 1.807) is 6.08 Å². The number of carbonyl (C=O) groups is 2. The first-order valence-corrected chi connectivity index (χ1v) is 13.9. The summed E-state index contributed by atoms with van der Waals surface area (Å²) in [7, 11) is 2.08. The molecule has 8 heteroatoms. The highest BCUT2D eigenvalue weighted by molar-refractivity contribution is 7.14. The highest BCUT2D eigenvalue weighted by Gasteiger charge is 2.25. The summed E-state index contributed by atoms with van der Waals surface area (Å²) in [5.74, 6) is 0.0336. The molecule has 0 saturated carbocycles. The first-order chi connectivity index (χ1) is 16.6. The Morgan fingerprint density at radius 1 is 1.00 bits per heavy atom. The molecule has 188 valence electrons. The van der Waals surface area contributed by atoms with Crippen molar-refractivity contribution in [2.45, 2.75) is 44.6 Å². The van der Waals surface area contributed by atoms with E-state index in [1.807, 2.05) is 23.1 Å². The second-order valence-corrected chi connectivity index (χ2v) is 11.1. The third-order valence-electron chi connectivity index (χ3n) is 7.46. The lowest BCUT2D eigenvalue weighted by atomic mass is 10.00. The predicted molar refractivity (Wildman–Crippen MR) is 139 cm³/mol. The van der Waals surface area contributed by atoms with Gasteiger partial charge in [-0.1, -0.05) is 6.42 Å². The molecule has 3 aliphatic heterocycles. The van der Waals surface area contributed by atoms with Crippen LogP contribution in [0.2, 0.25) is 0 Å². The van der Waals surface area contributed by atoms with Gasteiger partial charge in [0.15, 0.2) is 0 Å². The number of nitrogens with zero attached hydrogens (tertiary/aromatic N) is 4. The molecule has 7 nitrogen and oxygen atoms in total. The number of likely N-dealkylation sites (N-methyl/N-ethyl adjacent to an activating group) is 1. The summed E-state index contributed by atoms with van der Waals surface area (Å²) in [6, 6.07) is 4.56. The number of piperazine rings is 1. The minimum atomic E-state index is -0.0150. The van der Waals surface area contributed by atoms with E-state index in [4.69, 9.17) is 0 Å². The Morgan fingerprint density at radius 3 is 2.47 bits per heavy atom. The number of piperidine rings is 2. The molecule has 0 radical (unpaired) electrons. The second-order valence-electron chi connectivity index (χ2n) is 9.94. The van der Waals surface area contributed by atoms with Gasteiger partial charge >= 0.3 is 0 Å². The van der Waals surface area contributed by atoms with Gasteiger partial charge in [0.05, 0.1) is 4.88 Å². The molecule has 0 unspecified atom stereocenters. The molecular formula is C26H41N5O2S. The van der Waals surface area contributed by atoms with Crippen molar-refractivity contribution in [3.63, 3.8) is 0 Å². The van der Waals surface area contributed by atoms with E-state index in [0.717, 1.165) is 50.1 Å². The lowest BCUT2D eigenvalue weighted by Gasteiger charge is -2.40. The minimum absolute atomic E-state index is 0.0150. The Hall–Kier alpha value is -1.74. The molecule has 4 rings (SSSR count). The monoisotopic (exact) mass is 487 g/mol. The van der Waals surface area contributed by atoms with Crippen LogP contribution in [0.15, 0.2) is 18.2 Å². The molecule has 0 aliphatic carbocycles. The number of thiophene rings is 1. The number of carbonyl (C=O) groups excluding carboxylic acids is 2. The van der Waals surface area contributed by atoms with Crippen LogP contribution in [-0.4, -0.2) is 110 Å². The summed E-state index contributed by atoms with van der Waals surface area (Å²) < 4.78 is 0. The van der Waals surface area contributed by atoms with Crippen LogP contribution < -0.4 is 5.32 Å². The zero-order valence-electron chi connectivity index (χ0n) is 20.7. The SMILES string of the molecule is CN1CCN(C(=O)/C=C/c2ccc(C(=O)NCCCN3CCC(N4CCCCC4)CC3)s2)CC1. The maximum Gasteiger partial charge on any atom is 0.261 e. The van der Waals surface area contributed by atoms with E-state index >= 15 is 0 Å². The molecule has 34 heavy (non-hydrogen) atoms. The zero-order valence-corrected chi connectivity index (χ0v) is 21.5. The van der Waals surface area contributed by atoms with E-state index in [1.165, 1.54) is 69.6 Å². The van der Waals surface area contributed by atoms with Crippen LogP contribution in [0.5, 0.6) is 0 Å². The minimum Gasteiger partial charge on any atom is -0.351 e. The van der Waals surface area contributed by atoms with Crippen LogP contribution in [0.25, 0.3) is 6.08 Å². The fourth-order valence-electron chi connectivity index (χ4n) is 5.23. The topological polar surface area (TPSA) is 59.1 Å². The van der Waals surface area contributed by atoms with Crippen molar-refractivity contribution in [3.05, 3.63) is 28.0 Å². The van der Waals surface area contributed by atoms with Gasteiger partial charge in [0.1, 0.15) is 0 Å². The summed E-state index contributed by atoms with van der Waals surface area (Å²) in [5, 5.41) is 3.07. The van der Waals surface area contributed by atoms with E-state index < -0.39 is 0 Å². The van der Waals surface area contributed by atoms with Crippen molar-refractivity contribution >= 4 is 29.2 Å². The lowest BCUT2D eigenvalue weighted by Crippen LogP contribution is -2.47. The first-order valence-electron chi connectivity index (χ1n) is 13.1. The van der Waals surface area contributed by atoms with Crippen LogP contribution in [0.1, 0.15) is 53.1 Å². The Bertz CT molecular complexity index is 819. The van der Waals surface area contributed by atoms with Gasteiger partial charge in [0, 0.05) is 49.7 Å². The summed E-state index contributed by atoms with van der Waals surface area (Å²) in [5.41, 5.74) is 0. The molecule has 1 N–H and O–H groups in total. The largest absolute Gasteiger partial charge is 0.351 e. The fourth-order valence-corrected chi connectivity index (χ4v) is 6.06. The van der Waals surface area contributed by atoms with E-state index in [2.05, 4.69) is 27.1 Å². The third-order valence-corrected chi connectivity index (χ3v) is 8.51. The number of hydrogen-bond donors (Lipinski definition) is 1. The van der Waals surface area contributed by atoms with Gasteiger partial charge in [-0.15, -0.1) is 11.3 Å². The molecule has 0 atom stereocenters. The molecule has 0 spiro atoms. The number of nitrogens with one attached hydrogen (secondary N) is 1. The predicted octanol–water partition coefficient (Wildman–Crippen LogP) is 2.61. The second kappa shape index (κ2) is 12.8. The molecule has 0 aromatic carbocycles. The Labute approximate surface area is 208 Å². The number of hydrogen-bond acceptors (Lipinski definition) is 6.